The molecular weight excluding hydrogens is 366 g/mol. The van der Waals surface area contributed by atoms with Crippen molar-refractivity contribution in [2.24, 2.45) is 5.41 Å². The van der Waals surface area contributed by atoms with Gasteiger partial charge in [-0.25, -0.2) is 0 Å². The molecule has 0 unspecified atom stereocenters. The second kappa shape index (κ2) is 5.14. The van der Waals surface area contributed by atoms with Crippen molar-refractivity contribution in [2.75, 3.05) is 12.0 Å². The third-order valence-corrected chi connectivity index (χ3v) is 7.05. The maximum absolute atomic E-state index is 13.0. The zero-order chi connectivity index (χ0) is 20.1. The van der Waals surface area contributed by atoms with Crippen LogP contribution in [0, 0.1) is 5.41 Å². The monoisotopic (exact) mass is 385 g/mol. The quantitative estimate of drug-likeness (QED) is 0.649. The molecule has 2 amide bonds. The van der Waals surface area contributed by atoms with Gasteiger partial charge in [-0.2, -0.15) is 0 Å². The van der Waals surface area contributed by atoms with E-state index in [-0.39, 0.29) is 17.9 Å². The summed E-state index contributed by atoms with van der Waals surface area (Å²) in [5, 5.41) is 3.55. The molecule has 0 aliphatic carbocycles. The topological polar surface area (TPSA) is 71.5 Å². The van der Waals surface area contributed by atoms with Crippen molar-refractivity contribution in [3.63, 3.8) is 0 Å². The molecule has 1 saturated heterocycles. The molecule has 6 rings (SSSR count). The lowest BCUT2D eigenvalue weighted by molar-refractivity contribution is -0.128. The highest BCUT2D eigenvalue weighted by atomic mass is 16.5. The van der Waals surface area contributed by atoms with E-state index in [4.69, 9.17) is 4.74 Å². The van der Waals surface area contributed by atoms with Crippen molar-refractivity contribution in [1.29, 1.82) is 0 Å². The third kappa shape index (κ3) is 1.71. The van der Waals surface area contributed by atoms with Gasteiger partial charge in [-0.15, -0.1) is 0 Å². The number of rotatable bonds is 1. The lowest BCUT2D eigenvalue weighted by Crippen LogP contribution is -2.53. The molecule has 1 fully saturated rings. The number of nitrogens with zero attached hydrogens (tertiary/aromatic N) is 2. The summed E-state index contributed by atoms with van der Waals surface area (Å²) in [7, 11) is 1.61. The molecule has 3 atom stereocenters. The Bertz CT molecular complexity index is 1270. The van der Waals surface area contributed by atoms with Gasteiger partial charge >= 0.3 is 0 Å². The molecule has 144 valence electrons. The summed E-state index contributed by atoms with van der Waals surface area (Å²) in [6, 6.07) is 11.9. The van der Waals surface area contributed by atoms with E-state index in [2.05, 4.69) is 27.3 Å². The van der Waals surface area contributed by atoms with E-state index in [0.29, 0.717) is 5.75 Å². The molecule has 0 spiro atoms. The Morgan fingerprint density at radius 3 is 2.76 bits per heavy atom. The van der Waals surface area contributed by atoms with Crippen LogP contribution in [0.3, 0.4) is 0 Å². The SMILES string of the molecule is COc1cc2c3c4c(ccnc14)-c1ccccc1N3[C@H](C)[C@@]1(C)C(=O)NC(=O)[C@@H]21. The molecule has 0 saturated carbocycles. The van der Waals surface area contributed by atoms with Crippen LogP contribution in [0.1, 0.15) is 25.3 Å². The first-order valence-corrected chi connectivity index (χ1v) is 9.72. The molecule has 2 aromatic carbocycles. The average Bonchev–Trinajstić information content (AvgIpc) is 2.97. The Hall–Kier alpha value is -3.41. The van der Waals surface area contributed by atoms with Crippen LogP contribution in [0.2, 0.25) is 0 Å². The molecule has 0 bridgehead atoms. The highest BCUT2D eigenvalue weighted by Gasteiger charge is 2.61. The number of benzene rings is 2. The summed E-state index contributed by atoms with van der Waals surface area (Å²) in [5.41, 5.74) is 4.87. The van der Waals surface area contributed by atoms with Crippen LogP contribution in [-0.2, 0) is 9.59 Å². The number of aromatic nitrogens is 1. The number of amides is 2. The Balaban J connectivity index is 1.85. The van der Waals surface area contributed by atoms with Crippen molar-refractivity contribution >= 4 is 34.1 Å². The minimum Gasteiger partial charge on any atom is -0.494 e. The number of pyridine rings is 1. The van der Waals surface area contributed by atoms with Crippen LogP contribution in [-0.4, -0.2) is 29.9 Å². The standard InChI is InChI=1S/C23H19N3O3/c1-11-23(2)18(21(27)25-22(23)28)14-10-16(29-3)19-17-13(8-9-24-19)12-6-4-5-7-15(12)26(11)20(14)17/h4-11,18H,1-3H3,(H,25,27,28)/t11-,18-,23-/m1/s1. The lowest BCUT2D eigenvalue weighted by Gasteiger charge is -2.50. The van der Waals surface area contributed by atoms with Gasteiger partial charge in [-0.05, 0) is 43.2 Å². The van der Waals surface area contributed by atoms with Gasteiger partial charge in [0, 0.05) is 28.9 Å². The van der Waals surface area contributed by atoms with Crippen LogP contribution in [0.5, 0.6) is 5.75 Å². The smallest absolute Gasteiger partial charge is 0.235 e. The first-order chi connectivity index (χ1) is 14.0. The van der Waals surface area contributed by atoms with Gasteiger partial charge in [0.1, 0.15) is 11.3 Å². The molecule has 3 aromatic rings. The van der Waals surface area contributed by atoms with Gasteiger partial charge in [0.15, 0.2) is 0 Å². The van der Waals surface area contributed by atoms with E-state index in [9.17, 15) is 9.59 Å². The fraction of sp³-hybridized carbons (Fsp3) is 0.261. The molecule has 6 nitrogen and oxygen atoms in total. The van der Waals surface area contributed by atoms with Crippen LogP contribution in [0.4, 0.5) is 11.4 Å². The number of hydrogen-bond donors (Lipinski definition) is 1. The molecule has 4 heterocycles. The molecule has 6 heteroatoms. The predicted octanol–water partition coefficient (Wildman–Crippen LogP) is 3.51. The van der Waals surface area contributed by atoms with E-state index in [1.807, 2.05) is 38.1 Å². The second-order valence-electron chi connectivity index (χ2n) is 8.20. The van der Waals surface area contributed by atoms with E-state index in [1.54, 1.807) is 13.3 Å². The Morgan fingerprint density at radius 1 is 1.17 bits per heavy atom. The highest BCUT2D eigenvalue weighted by molar-refractivity contribution is 6.18. The Labute approximate surface area is 167 Å². The van der Waals surface area contributed by atoms with Crippen LogP contribution in [0.25, 0.3) is 22.0 Å². The zero-order valence-corrected chi connectivity index (χ0v) is 16.3. The number of methoxy groups -OCH3 is 1. The largest absolute Gasteiger partial charge is 0.494 e. The Kier molecular flexibility index (Phi) is 2.93. The summed E-state index contributed by atoms with van der Waals surface area (Å²) in [6.45, 7) is 3.92. The molecule has 0 radical (unpaired) electrons. The van der Waals surface area contributed by atoms with Crippen LogP contribution in [0.15, 0.2) is 42.6 Å². The second-order valence-corrected chi connectivity index (χ2v) is 8.20. The molecule has 1 aromatic heterocycles. The minimum absolute atomic E-state index is 0.211. The first kappa shape index (κ1) is 16.5. The Morgan fingerprint density at radius 2 is 1.97 bits per heavy atom. The number of carbonyl (C=O) groups excluding carboxylic acids is 2. The van der Waals surface area contributed by atoms with Gasteiger partial charge in [0.2, 0.25) is 11.8 Å². The van der Waals surface area contributed by atoms with Crippen molar-refractivity contribution in [3.8, 4) is 16.9 Å². The molecule has 29 heavy (non-hydrogen) atoms. The molecular formula is C23H19N3O3. The van der Waals surface area contributed by atoms with E-state index in [1.165, 1.54) is 0 Å². The van der Waals surface area contributed by atoms with Crippen LogP contribution < -0.4 is 15.0 Å². The summed E-state index contributed by atoms with van der Waals surface area (Å²) in [6.07, 6.45) is 1.79. The van der Waals surface area contributed by atoms with Crippen molar-refractivity contribution in [1.82, 2.24) is 10.3 Å². The maximum atomic E-state index is 13.0. The van der Waals surface area contributed by atoms with Gasteiger partial charge in [0.05, 0.1) is 24.1 Å². The highest BCUT2D eigenvalue weighted by Crippen LogP contribution is 2.61. The zero-order valence-electron chi connectivity index (χ0n) is 16.3. The minimum atomic E-state index is -0.879. The fourth-order valence-electron chi connectivity index (χ4n) is 5.49. The summed E-state index contributed by atoms with van der Waals surface area (Å²) in [5.74, 6) is -0.415. The van der Waals surface area contributed by atoms with Crippen LogP contribution >= 0.6 is 0 Å². The third-order valence-electron chi connectivity index (χ3n) is 7.05. The number of hydrogen-bond acceptors (Lipinski definition) is 5. The number of nitrogens with one attached hydrogen (secondary N) is 1. The molecule has 3 aliphatic rings. The van der Waals surface area contributed by atoms with E-state index in [0.717, 1.165) is 39.0 Å². The van der Waals surface area contributed by atoms with Gasteiger partial charge in [-0.1, -0.05) is 18.2 Å². The van der Waals surface area contributed by atoms with E-state index < -0.39 is 11.3 Å². The lowest BCUT2D eigenvalue weighted by atomic mass is 9.65. The van der Waals surface area contributed by atoms with Gasteiger partial charge in [0.25, 0.3) is 0 Å². The fourth-order valence-corrected chi connectivity index (χ4v) is 5.49. The summed E-state index contributed by atoms with van der Waals surface area (Å²) >= 11 is 0. The number of para-hydroxylation sites is 1. The normalized spacial score (nSPS) is 26.2. The molecule has 1 N–H and O–H groups in total. The maximum Gasteiger partial charge on any atom is 0.235 e. The van der Waals surface area contributed by atoms with Gasteiger partial charge < -0.3 is 9.64 Å². The summed E-state index contributed by atoms with van der Waals surface area (Å²) < 4.78 is 5.67. The van der Waals surface area contributed by atoms with Crippen molar-refractivity contribution in [3.05, 3.63) is 48.2 Å². The number of ether oxygens (including phenoxy) is 1. The summed E-state index contributed by atoms with van der Waals surface area (Å²) in [4.78, 5) is 32.7. The number of fused-ring (bicyclic) bond motifs is 5. The average molecular weight is 385 g/mol. The van der Waals surface area contributed by atoms with Crippen molar-refractivity contribution in [2.45, 2.75) is 25.8 Å². The number of anilines is 2. The van der Waals surface area contributed by atoms with Gasteiger partial charge in [-0.3, -0.25) is 19.9 Å². The van der Waals surface area contributed by atoms with E-state index >= 15 is 0 Å². The molecule has 3 aliphatic heterocycles. The number of carbonyl (C=O) groups is 2. The predicted molar refractivity (Wildman–Crippen MR) is 109 cm³/mol. The first-order valence-electron chi connectivity index (χ1n) is 9.72. The number of imide groups is 1. The van der Waals surface area contributed by atoms with Crippen molar-refractivity contribution < 1.29 is 14.3 Å².